The minimum atomic E-state index is -0.487. The molecule has 2 aromatic rings. The Morgan fingerprint density at radius 1 is 1.32 bits per heavy atom. The first-order valence-corrected chi connectivity index (χ1v) is 9.11. The lowest BCUT2D eigenvalue weighted by Gasteiger charge is -2.26. The molecule has 0 N–H and O–H groups in total. The first-order chi connectivity index (χ1) is 11.8. The largest absolute Gasteiger partial charge is 0.472 e. The van der Waals surface area contributed by atoms with E-state index in [1.54, 1.807) is 15.6 Å². The summed E-state index contributed by atoms with van der Waals surface area (Å²) in [5, 5.41) is 4.11. The number of ether oxygens (including phenoxy) is 2. The fourth-order valence-electron chi connectivity index (χ4n) is 2.70. The molecule has 3 heterocycles. The standard InChI is InChI=1S/C16H22BrN5O3/c1-16(2,3)25-15(23)21-7-4-5-11(6-8-21)24-14-13-18-10-19-22(13)9-12(17)20-14/h9-11H,4-8H2,1-3H3/t11-/m1/s1. The second kappa shape index (κ2) is 7.15. The van der Waals surface area contributed by atoms with Gasteiger partial charge in [-0.25, -0.2) is 19.3 Å². The van der Waals surface area contributed by atoms with Crippen LogP contribution in [0.1, 0.15) is 40.0 Å². The van der Waals surface area contributed by atoms with Crippen LogP contribution in [0, 0.1) is 0 Å². The summed E-state index contributed by atoms with van der Waals surface area (Å²) in [5.41, 5.74) is 0.0927. The van der Waals surface area contributed by atoms with Crippen LogP contribution in [0.15, 0.2) is 17.1 Å². The third-order valence-electron chi connectivity index (χ3n) is 3.81. The van der Waals surface area contributed by atoms with Gasteiger partial charge in [-0.3, -0.25) is 0 Å². The van der Waals surface area contributed by atoms with Crippen LogP contribution in [0.5, 0.6) is 5.88 Å². The number of carbonyl (C=O) groups excluding carboxylic acids is 1. The second-order valence-corrected chi connectivity index (χ2v) is 7.85. The normalized spacial score (nSPS) is 18.9. The van der Waals surface area contributed by atoms with Gasteiger partial charge in [0.1, 0.15) is 22.6 Å². The Kier molecular flexibility index (Phi) is 5.12. The Balaban J connectivity index is 1.65. The predicted octanol–water partition coefficient (Wildman–Crippen LogP) is 3.06. The molecule has 3 rings (SSSR count). The summed E-state index contributed by atoms with van der Waals surface area (Å²) in [6.07, 6.45) is 5.30. The maximum absolute atomic E-state index is 12.2. The van der Waals surface area contributed by atoms with Gasteiger partial charge in [-0.1, -0.05) is 0 Å². The summed E-state index contributed by atoms with van der Waals surface area (Å²) in [5.74, 6) is 0.447. The first kappa shape index (κ1) is 17.9. The molecule has 8 nitrogen and oxygen atoms in total. The number of amides is 1. The molecule has 0 saturated carbocycles. The molecule has 0 aromatic carbocycles. The van der Waals surface area contributed by atoms with Crippen LogP contribution in [0.4, 0.5) is 4.79 Å². The van der Waals surface area contributed by atoms with E-state index in [1.807, 2.05) is 20.8 Å². The zero-order valence-electron chi connectivity index (χ0n) is 14.6. The van der Waals surface area contributed by atoms with Gasteiger partial charge in [0.25, 0.3) is 5.88 Å². The third kappa shape index (κ3) is 4.59. The second-order valence-electron chi connectivity index (χ2n) is 7.04. The Bertz CT molecular complexity index is 758. The van der Waals surface area contributed by atoms with Crippen molar-refractivity contribution in [2.45, 2.75) is 51.7 Å². The molecule has 1 atom stereocenters. The van der Waals surface area contributed by atoms with Gasteiger partial charge in [0.2, 0.25) is 5.65 Å². The van der Waals surface area contributed by atoms with Gasteiger partial charge >= 0.3 is 6.09 Å². The molecular weight excluding hydrogens is 390 g/mol. The van der Waals surface area contributed by atoms with E-state index < -0.39 is 5.60 Å². The number of nitrogens with zero attached hydrogens (tertiary/aromatic N) is 5. The predicted molar refractivity (Wildman–Crippen MR) is 94.6 cm³/mol. The topological polar surface area (TPSA) is 81.8 Å². The molecule has 0 aliphatic carbocycles. The third-order valence-corrected chi connectivity index (χ3v) is 4.19. The summed E-state index contributed by atoms with van der Waals surface area (Å²) in [6.45, 7) is 6.88. The number of fused-ring (bicyclic) bond motifs is 1. The number of hydrogen-bond acceptors (Lipinski definition) is 6. The number of rotatable bonds is 2. The summed E-state index contributed by atoms with van der Waals surface area (Å²) in [7, 11) is 0. The lowest BCUT2D eigenvalue weighted by molar-refractivity contribution is 0.0252. The molecule has 1 aliphatic rings. The number of likely N-dealkylation sites (tertiary alicyclic amines) is 1. The van der Waals surface area contributed by atoms with Gasteiger partial charge in [-0.2, -0.15) is 5.10 Å². The maximum Gasteiger partial charge on any atom is 0.410 e. The number of hydrogen-bond donors (Lipinski definition) is 0. The van der Waals surface area contributed by atoms with Crippen molar-refractivity contribution in [2.75, 3.05) is 13.1 Å². The number of halogens is 1. The molecule has 0 bridgehead atoms. The zero-order chi connectivity index (χ0) is 18.0. The minimum absolute atomic E-state index is 0.0327. The maximum atomic E-state index is 12.2. The van der Waals surface area contributed by atoms with Gasteiger partial charge in [0, 0.05) is 19.5 Å². The van der Waals surface area contributed by atoms with E-state index >= 15 is 0 Å². The van der Waals surface area contributed by atoms with Crippen LogP contribution in [0.3, 0.4) is 0 Å². The van der Waals surface area contributed by atoms with Gasteiger partial charge in [0.05, 0.1) is 6.20 Å². The Morgan fingerprint density at radius 3 is 2.88 bits per heavy atom. The zero-order valence-corrected chi connectivity index (χ0v) is 16.2. The van der Waals surface area contributed by atoms with E-state index in [0.717, 1.165) is 12.8 Å². The highest BCUT2D eigenvalue weighted by atomic mass is 79.9. The van der Waals surface area contributed by atoms with Crippen molar-refractivity contribution in [2.24, 2.45) is 0 Å². The molecule has 0 unspecified atom stereocenters. The molecule has 1 amide bonds. The lowest BCUT2D eigenvalue weighted by Crippen LogP contribution is -2.37. The monoisotopic (exact) mass is 411 g/mol. The molecule has 2 aromatic heterocycles. The summed E-state index contributed by atoms with van der Waals surface area (Å²) < 4.78 is 13.8. The van der Waals surface area contributed by atoms with E-state index in [9.17, 15) is 4.79 Å². The summed E-state index contributed by atoms with van der Waals surface area (Å²) >= 11 is 3.36. The fraction of sp³-hybridized carbons (Fsp3) is 0.625. The van der Waals surface area contributed by atoms with E-state index in [0.29, 0.717) is 35.6 Å². The highest BCUT2D eigenvalue weighted by Gasteiger charge is 2.26. The number of aromatic nitrogens is 4. The van der Waals surface area contributed by atoms with Gasteiger partial charge in [-0.05, 0) is 49.5 Å². The van der Waals surface area contributed by atoms with Crippen LogP contribution >= 0.6 is 15.9 Å². The fourth-order valence-corrected chi connectivity index (χ4v) is 3.06. The highest BCUT2D eigenvalue weighted by molar-refractivity contribution is 9.10. The van der Waals surface area contributed by atoms with Crippen molar-refractivity contribution in [1.82, 2.24) is 24.5 Å². The van der Waals surface area contributed by atoms with Crippen LogP contribution in [0.2, 0.25) is 0 Å². The number of carbonyl (C=O) groups is 1. The molecule has 1 saturated heterocycles. The van der Waals surface area contributed by atoms with Gasteiger partial charge in [0.15, 0.2) is 0 Å². The Hall–Kier alpha value is -1.90. The molecule has 136 valence electrons. The molecule has 1 fully saturated rings. The molecule has 0 radical (unpaired) electrons. The molecule has 9 heteroatoms. The smallest absolute Gasteiger partial charge is 0.410 e. The Labute approximate surface area is 154 Å². The molecule has 0 spiro atoms. The van der Waals surface area contributed by atoms with Gasteiger partial charge < -0.3 is 14.4 Å². The van der Waals surface area contributed by atoms with Crippen molar-refractivity contribution >= 4 is 27.7 Å². The van der Waals surface area contributed by atoms with E-state index in [2.05, 4.69) is 31.0 Å². The van der Waals surface area contributed by atoms with Crippen LogP contribution < -0.4 is 4.74 Å². The van der Waals surface area contributed by atoms with E-state index in [-0.39, 0.29) is 12.2 Å². The summed E-state index contributed by atoms with van der Waals surface area (Å²) in [4.78, 5) is 22.5. The van der Waals surface area contributed by atoms with Crippen molar-refractivity contribution in [3.8, 4) is 5.88 Å². The lowest BCUT2D eigenvalue weighted by atomic mass is 10.2. The Morgan fingerprint density at radius 2 is 2.12 bits per heavy atom. The van der Waals surface area contributed by atoms with Crippen LogP contribution in [0.25, 0.3) is 5.65 Å². The quantitative estimate of drug-likeness (QED) is 0.754. The minimum Gasteiger partial charge on any atom is -0.472 e. The summed E-state index contributed by atoms with van der Waals surface area (Å²) in [6, 6.07) is 0. The van der Waals surface area contributed by atoms with E-state index in [1.165, 1.54) is 6.33 Å². The molecular formula is C16H22BrN5O3. The average molecular weight is 412 g/mol. The van der Waals surface area contributed by atoms with Crippen molar-refractivity contribution in [3.63, 3.8) is 0 Å². The SMILES string of the molecule is CC(C)(C)OC(=O)N1CCC[C@@H](Oc2nc(Br)cn3ncnc23)CC1. The molecule has 1 aliphatic heterocycles. The van der Waals surface area contributed by atoms with Crippen molar-refractivity contribution < 1.29 is 14.3 Å². The van der Waals surface area contributed by atoms with E-state index in [4.69, 9.17) is 9.47 Å². The first-order valence-electron chi connectivity index (χ1n) is 8.32. The van der Waals surface area contributed by atoms with Crippen LogP contribution in [-0.2, 0) is 4.74 Å². The highest BCUT2D eigenvalue weighted by Crippen LogP contribution is 2.23. The van der Waals surface area contributed by atoms with Gasteiger partial charge in [-0.15, -0.1) is 0 Å². The average Bonchev–Trinajstić information content (AvgIpc) is 2.84. The van der Waals surface area contributed by atoms with Crippen LogP contribution in [-0.4, -0.2) is 55.4 Å². The van der Waals surface area contributed by atoms with Crippen molar-refractivity contribution in [1.29, 1.82) is 0 Å². The van der Waals surface area contributed by atoms with Crippen molar-refractivity contribution in [3.05, 3.63) is 17.1 Å². The molecule has 25 heavy (non-hydrogen) atoms.